The molecule has 1 saturated heterocycles. The van der Waals surface area contributed by atoms with Gasteiger partial charge in [0.2, 0.25) is 11.8 Å². The molecule has 3 heterocycles. The van der Waals surface area contributed by atoms with Crippen molar-refractivity contribution >= 4 is 42.9 Å². The zero-order valence-corrected chi connectivity index (χ0v) is 39.1. The van der Waals surface area contributed by atoms with Gasteiger partial charge in [-0.1, -0.05) is 36.4 Å². The van der Waals surface area contributed by atoms with Gasteiger partial charge in [0, 0.05) is 40.8 Å². The van der Waals surface area contributed by atoms with E-state index in [0.717, 1.165) is 49.9 Å². The second-order valence-electron chi connectivity index (χ2n) is 17.6. The van der Waals surface area contributed by atoms with Crippen LogP contribution in [0, 0.1) is 24.7 Å². The first-order valence-corrected chi connectivity index (χ1v) is 24.9. The van der Waals surface area contributed by atoms with Gasteiger partial charge in [-0.3, -0.25) is 9.59 Å². The standard InChI is InChI=1S/C24H24F6N2O5S.C21H20F6N2O4S/c25-23(26,27)22(24(28,29)30,37-13-17-11-36-12-17)18-4-6-19(7-5-18)32-20(33)9-16-3-8-21(31-10-16)38(34,35)14-15-1-2-15;1-12-8-14(10-28-18(12)34(32,33)11-13-2-3-13)9-17(30)29-16-6-4-15(5-7-16)19(31,20(22,23)24)21(25,26)27/h3-8,10,15,17H,1-2,9,11-14H2,(H,32,33);4-8,10,13,31H,2-3,9,11H2,1H3,(H,29,30). The lowest BCUT2D eigenvalue weighted by atomic mass is 9.91. The fourth-order valence-electron chi connectivity index (χ4n) is 7.31. The Morgan fingerprint density at radius 3 is 1.49 bits per heavy atom. The van der Waals surface area contributed by atoms with E-state index in [1.807, 2.05) is 0 Å². The Balaban J connectivity index is 0.000000237. The molecule has 0 unspecified atom stereocenters. The van der Waals surface area contributed by atoms with Crippen LogP contribution in [0.3, 0.4) is 0 Å². The number of aromatic nitrogens is 2. The minimum Gasteiger partial charge on any atom is -0.381 e. The Hall–Kier alpha value is -5.38. The minimum atomic E-state index is -6.01. The van der Waals surface area contributed by atoms with E-state index in [2.05, 4.69) is 25.3 Å². The van der Waals surface area contributed by atoms with Gasteiger partial charge in [-0.15, -0.1) is 0 Å². The van der Waals surface area contributed by atoms with Crippen LogP contribution in [-0.4, -0.2) is 99.8 Å². The molecule has 4 aromatic rings. The smallest absolute Gasteiger partial charge is 0.381 e. The summed E-state index contributed by atoms with van der Waals surface area (Å²) in [6.07, 6.45) is -18.3. The van der Waals surface area contributed by atoms with Gasteiger partial charge >= 0.3 is 24.7 Å². The number of nitrogens with zero attached hydrogens (tertiary/aromatic N) is 2. The maximum Gasteiger partial charge on any atom is 0.430 e. The van der Waals surface area contributed by atoms with Crippen LogP contribution in [0.25, 0.3) is 0 Å². The first-order chi connectivity index (χ1) is 33.3. The minimum absolute atomic E-state index is 0.00525. The molecule has 0 bridgehead atoms. The highest BCUT2D eigenvalue weighted by Crippen LogP contribution is 2.54. The van der Waals surface area contributed by atoms with E-state index in [4.69, 9.17) is 4.74 Å². The number of anilines is 2. The molecule has 3 aliphatic rings. The third kappa shape index (κ3) is 13.0. The number of benzene rings is 2. The zero-order valence-electron chi connectivity index (χ0n) is 37.5. The molecular weight excluding hydrogens is 1030 g/mol. The number of rotatable bonds is 17. The molecule has 0 radical (unpaired) electrons. The SMILES string of the molecule is Cc1cc(CC(=O)Nc2ccc(C(O)(C(F)(F)F)C(F)(F)F)cc2)cnc1S(=O)(=O)CC1CC1.O=C(Cc1ccc(S(=O)(=O)CC2CC2)nc1)Nc1ccc(C(OCC2COC2)(C(F)(F)F)C(F)(F)F)cc1. The first-order valence-electron chi connectivity index (χ1n) is 21.6. The molecule has 72 heavy (non-hydrogen) atoms. The van der Waals surface area contributed by atoms with Gasteiger partial charge in [0.05, 0.1) is 44.2 Å². The number of alkyl halides is 12. The monoisotopic (exact) mass is 1080 g/mol. The van der Waals surface area contributed by atoms with Crippen molar-refractivity contribution in [2.45, 2.75) is 91.4 Å². The van der Waals surface area contributed by atoms with Crippen molar-refractivity contribution in [2.24, 2.45) is 17.8 Å². The predicted molar refractivity (Wildman–Crippen MR) is 230 cm³/mol. The van der Waals surface area contributed by atoms with Crippen molar-refractivity contribution in [3.63, 3.8) is 0 Å². The summed E-state index contributed by atoms with van der Waals surface area (Å²) in [5.41, 5.74) is -11.3. The Kier molecular flexibility index (Phi) is 16.2. The molecule has 0 spiro atoms. The predicted octanol–water partition coefficient (Wildman–Crippen LogP) is 8.50. The Bertz CT molecular complexity index is 2770. The zero-order chi connectivity index (χ0) is 53.3. The molecule has 394 valence electrons. The van der Waals surface area contributed by atoms with Crippen LogP contribution in [0.5, 0.6) is 0 Å². The number of aliphatic hydroxyl groups is 1. The van der Waals surface area contributed by atoms with E-state index < -0.39 is 91.0 Å². The summed E-state index contributed by atoms with van der Waals surface area (Å²) in [7, 11) is -7.07. The normalized spacial score (nSPS) is 16.3. The maximum absolute atomic E-state index is 13.9. The van der Waals surface area contributed by atoms with Gasteiger partial charge in [-0.2, -0.15) is 52.7 Å². The second-order valence-corrected chi connectivity index (χ2v) is 21.6. The molecular formula is C45H44F12N4O9S2. The van der Waals surface area contributed by atoms with Crippen molar-refractivity contribution in [2.75, 3.05) is 42.0 Å². The number of aryl methyl sites for hydroxylation is 1. The number of hydrogen-bond donors (Lipinski definition) is 3. The van der Waals surface area contributed by atoms with Gasteiger partial charge in [-0.05, 0) is 91.5 Å². The summed E-state index contributed by atoms with van der Waals surface area (Å²) in [4.78, 5) is 32.5. The number of halogens is 12. The molecule has 1 aliphatic heterocycles. The van der Waals surface area contributed by atoms with Gasteiger partial charge in [0.25, 0.3) is 11.2 Å². The number of carbonyl (C=O) groups is 2. The van der Waals surface area contributed by atoms with Crippen LogP contribution >= 0.6 is 0 Å². The van der Waals surface area contributed by atoms with Crippen LogP contribution in [0.1, 0.15) is 53.5 Å². The number of ether oxygens (including phenoxy) is 2. The van der Waals surface area contributed by atoms with E-state index in [0.29, 0.717) is 41.0 Å². The number of carbonyl (C=O) groups excluding carboxylic acids is 2. The van der Waals surface area contributed by atoms with E-state index in [9.17, 15) is 84.2 Å². The summed E-state index contributed by atoms with van der Waals surface area (Å²) in [6, 6.07) is 9.66. The Morgan fingerprint density at radius 1 is 0.625 bits per heavy atom. The van der Waals surface area contributed by atoms with Crippen molar-refractivity contribution < 1.29 is 93.7 Å². The largest absolute Gasteiger partial charge is 0.430 e. The second kappa shape index (κ2) is 20.9. The van der Waals surface area contributed by atoms with E-state index >= 15 is 0 Å². The van der Waals surface area contributed by atoms with Gasteiger partial charge < -0.3 is 25.2 Å². The average molecular weight is 1080 g/mol. The maximum atomic E-state index is 13.9. The van der Waals surface area contributed by atoms with Gasteiger partial charge in [0.1, 0.15) is 0 Å². The number of sulfone groups is 2. The van der Waals surface area contributed by atoms with Crippen LogP contribution in [0.2, 0.25) is 0 Å². The number of amides is 2. The first kappa shape index (κ1) is 55.9. The molecule has 3 N–H and O–H groups in total. The van der Waals surface area contributed by atoms with E-state index in [1.54, 1.807) is 0 Å². The third-order valence-corrected chi connectivity index (χ3v) is 15.3. The summed E-state index contributed by atoms with van der Waals surface area (Å²) >= 11 is 0. The highest BCUT2D eigenvalue weighted by atomic mass is 32.2. The number of hydrogen-bond acceptors (Lipinski definition) is 11. The molecule has 2 aliphatic carbocycles. The van der Waals surface area contributed by atoms with E-state index in [1.165, 1.54) is 37.5 Å². The number of pyridine rings is 2. The summed E-state index contributed by atoms with van der Waals surface area (Å²) in [5, 5.41) is 13.9. The van der Waals surface area contributed by atoms with Gasteiger partial charge in [-0.25, -0.2) is 26.8 Å². The molecule has 2 aromatic heterocycles. The molecule has 13 nitrogen and oxygen atoms in total. The lowest BCUT2D eigenvalue weighted by Crippen LogP contribution is -2.57. The van der Waals surface area contributed by atoms with Crippen LogP contribution in [0.15, 0.2) is 89.2 Å². The molecule has 0 atom stereocenters. The Morgan fingerprint density at radius 2 is 1.08 bits per heavy atom. The van der Waals surface area contributed by atoms with Crippen molar-refractivity contribution in [1.82, 2.24) is 9.97 Å². The highest BCUT2D eigenvalue weighted by Gasteiger charge is 2.74. The quantitative estimate of drug-likeness (QED) is 0.0860. The molecule has 2 saturated carbocycles. The summed E-state index contributed by atoms with van der Waals surface area (Å²) < 4.78 is 220. The molecule has 27 heteroatoms. The van der Waals surface area contributed by atoms with Crippen molar-refractivity contribution in [1.29, 1.82) is 0 Å². The number of nitrogens with one attached hydrogen (secondary N) is 2. The Labute approximate surface area is 403 Å². The lowest BCUT2D eigenvalue weighted by molar-refractivity contribution is -0.393. The molecule has 2 aromatic carbocycles. The molecule has 3 fully saturated rings. The molecule has 2 amide bonds. The molecule has 7 rings (SSSR count). The van der Waals surface area contributed by atoms with E-state index in [-0.39, 0.29) is 70.8 Å². The van der Waals surface area contributed by atoms with Crippen LogP contribution in [0.4, 0.5) is 64.1 Å². The average Bonchev–Trinajstić information content (AvgIpc) is 4.19. The fourth-order valence-corrected chi connectivity index (χ4v) is 10.8. The van der Waals surface area contributed by atoms with Crippen molar-refractivity contribution in [3.05, 3.63) is 107 Å². The summed E-state index contributed by atoms with van der Waals surface area (Å²) in [5.74, 6) is -1.59. The lowest BCUT2D eigenvalue weighted by Gasteiger charge is -2.39. The third-order valence-electron chi connectivity index (χ3n) is 11.6. The fraction of sp³-hybridized carbons (Fsp3) is 0.467. The topological polar surface area (TPSA) is 191 Å². The highest BCUT2D eigenvalue weighted by molar-refractivity contribution is 7.91. The van der Waals surface area contributed by atoms with Crippen LogP contribution in [-0.2, 0) is 62.8 Å². The van der Waals surface area contributed by atoms with Crippen molar-refractivity contribution in [3.8, 4) is 0 Å². The van der Waals surface area contributed by atoms with Gasteiger partial charge in [0.15, 0.2) is 29.7 Å². The van der Waals surface area contributed by atoms with Crippen LogP contribution < -0.4 is 10.6 Å². The summed E-state index contributed by atoms with van der Waals surface area (Å²) in [6.45, 7) is 0.748.